The zero-order valence-electron chi connectivity index (χ0n) is 10.6. The van der Waals surface area contributed by atoms with Gasteiger partial charge in [0.1, 0.15) is 3.70 Å². The number of aromatic nitrogens is 2. The molecule has 1 unspecified atom stereocenters. The average molecular weight is 397 g/mol. The van der Waals surface area contributed by atoms with Gasteiger partial charge >= 0.3 is 6.09 Å². The van der Waals surface area contributed by atoms with Crippen LogP contribution in [0.3, 0.4) is 0 Å². The van der Waals surface area contributed by atoms with Crippen LogP contribution >= 0.6 is 22.6 Å². The maximum Gasteiger partial charge on any atom is 0.407 e. The van der Waals surface area contributed by atoms with Crippen molar-refractivity contribution >= 4 is 28.7 Å². The zero-order chi connectivity index (χ0) is 14.5. The molecule has 0 aromatic carbocycles. The van der Waals surface area contributed by atoms with Gasteiger partial charge in [0.15, 0.2) is 0 Å². The van der Waals surface area contributed by atoms with E-state index in [1.165, 1.54) is 4.90 Å². The lowest BCUT2D eigenvalue weighted by atomic mass is 9.96. The normalized spacial score (nSPS) is 25.8. The molecule has 1 saturated carbocycles. The molecule has 3 rings (SSSR count). The lowest BCUT2D eigenvalue weighted by Crippen LogP contribution is -2.48. The maximum atomic E-state index is 13.4. The van der Waals surface area contributed by atoms with Crippen molar-refractivity contribution in [3.05, 3.63) is 15.5 Å². The minimum Gasteiger partial charge on any atom is -0.465 e. The second-order valence-electron chi connectivity index (χ2n) is 5.47. The van der Waals surface area contributed by atoms with Gasteiger partial charge < -0.3 is 10.0 Å². The van der Waals surface area contributed by atoms with Gasteiger partial charge in [0.05, 0.1) is 6.04 Å². The molecular weight excluding hydrogens is 383 g/mol. The van der Waals surface area contributed by atoms with Gasteiger partial charge in [-0.1, -0.05) is 0 Å². The number of alkyl halides is 2. The highest BCUT2D eigenvalue weighted by atomic mass is 127. The van der Waals surface area contributed by atoms with Crippen LogP contribution in [0.2, 0.25) is 0 Å². The number of hydrogen-bond donors (Lipinski definition) is 1. The third-order valence-corrected chi connectivity index (χ3v) is 4.56. The molecule has 1 aliphatic carbocycles. The second-order valence-corrected chi connectivity index (χ2v) is 6.58. The van der Waals surface area contributed by atoms with E-state index in [2.05, 4.69) is 27.7 Å². The number of carboxylic acid groups (broad SMARTS) is 1. The lowest BCUT2D eigenvalue weighted by molar-refractivity contribution is 0.00493. The molecule has 0 radical (unpaired) electrons. The molecule has 110 valence electrons. The summed E-state index contributed by atoms with van der Waals surface area (Å²) in [4.78, 5) is 12.1. The molecule has 1 amide bonds. The van der Waals surface area contributed by atoms with E-state index in [1.807, 2.05) is 6.07 Å². The molecule has 1 aromatic heterocycles. The number of rotatable bonds is 2. The van der Waals surface area contributed by atoms with E-state index < -0.39 is 12.0 Å². The highest BCUT2D eigenvalue weighted by Gasteiger charge is 2.43. The quantitative estimate of drug-likeness (QED) is 0.781. The standard InChI is InChI=1S/C12H14F2IN3O2/c13-12(14)2-1-8(4-12)18-9(3-10(15)16-18)7-5-17(6-7)11(19)20/h3,7-8H,1-2,4-6H2,(H,19,20). The Morgan fingerprint density at radius 1 is 1.50 bits per heavy atom. The summed E-state index contributed by atoms with van der Waals surface area (Å²) in [6, 6.07) is 1.60. The van der Waals surface area contributed by atoms with Crippen molar-refractivity contribution in [1.29, 1.82) is 0 Å². The van der Waals surface area contributed by atoms with E-state index in [-0.39, 0.29) is 24.8 Å². The van der Waals surface area contributed by atoms with Crippen LogP contribution in [0.5, 0.6) is 0 Å². The Bertz CT molecular complexity index is 543. The fraction of sp³-hybridized carbons (Fsp3) is 0.667. The van der Waals surface area contributed by atoms with Gasteiger partial charge in [-0.15, -0.1) is 0 Å². The molecular formula is C12H14F2IN3O2. The molecule has 0 spiro atoms. The van der Waals surface area contributed by atoms with Crippen LogP contribution in [0.4, 0.5) is 13.6 Å². The summed E-state index contributed by atoms with van der Waals surface area (Å²) in [6.45, 7) is 0.834. The van der Waals surface area contributed by atoms with Gasteiger partial charge in [0.25, 0.3) is 0 Å². The van der Waals surface area contributed by atoms with Crippen LogP contribution in [0.1, 0.15) is 36.9 Å². The van der Waals surface area contributed by atoms with Crippen LogP contribution in [0.25, 0.3) is 0 Å². The Labute approximate surface area is 128 Å². The first kappa shape index (κ1) is 14.0. The first-order valence-electron chi connectivity index (χ1n) is 6.46. The minimum atomic E-state index is -2.61. The predicted molar refractivity (Wildman–Crippen MR) is 75.1 cm³/mol. The molecule has 1 saturated heterocycles. The van der Waals surface area contributed by atoms with Crippen LogP contribution in [0.15, 0.2) is 6.07 Å². The Balaban J connectivity index is 1.78. The third kappa shape index (κ3) is 2.49. The van der Waals surface area contributed by atoms with Crippen molar-refractivity contribution in [1.82, 2.24) is 14.7 Å². The first-order valence-corrected chi connectivity index (χ1v) is 7.54. The first-order chi connectivity index (χ1) is 9.35. The molecule has 2 fully saturated rings. The number of amides is 1. The van der Waals surface area contributed by atoms with E-state index in [1.54, 1.807) is 4.68 Å². The highest BCUT2D eigenvalue weighted by molar-refractivity contribution is 14.1. The van der Waals surface area contributed by atoms with E-state index >= 15 is 0 Å². The molecule has 2 aliphatic rings. The van der Waals surface area contributed by atoms with Crippen molar-refractivity contribution in [3.8, 4) is 0 Å². The Morgan fingerprint density at radius 3 is 2.75 bits per heavy atom. The van der Waals surface area contributed by atoms with E-state index in [9.17, 15) is 13.6 Å². The molecule has 2 heterocycles. The Hall–Kier alpha value is -0.930. The summed E-state index contributed by atoms with van der Waals surface area (Å²) >= 11 is 2.06. The molecule has 1 atom stereocenters. The third-order valence-electron chi connectivity index (χ3n) is 4.03. The van der Waals surface area contributed by atoms with Gasteiger partial charge in [-0.2, -0.15) is 5.10 Å². The molecule has 8 heteroatoms. The number of halogens is 3. The van der Waals surface area contributed by atoms with E-state index in [4.69, 9.17) is 5.11 Å². The van der Waals surface area contributed by atoms with Crippen LogP contribution in [-0.4, -0.2) is 44.9 Å². The molecule has 0 bridgehead atoms. The van der Waals surface area contributed by atoms with Crippen molar-refractivity contribution in [2.75, 3.05) is 13.1 Å². The monoisotopic (exact) mass is 397 g/mol. The number of hydrogen-bond acceptors (Lipinski definition) is 2. The van der Waals surface area contributed by atoms with Gasteiger partial charge in [0, 0.05) is 37.5 Å². The Kier molecular flexibility index (Phi) is 3.38. The summed E-state index contributed by atoms with van der Waals surface area (Å²) in [5.41, 5.74) is 0.884. The van der Waals surface area contributed by atoms with Crippen molar-refractivity contribution in [2.24, 2.45) is 0 Å². The lowest BCUT2D eigenvalue weighted by Gasteiger charge is -2.37. The van der Waals surface area contributed by atoms with Crippen LogP contribution < -0.4 is 0 Å². The second kappa shape index (κ2) is 4.81. The minimum absolute atomic E-state index is 0.0661. The molecule has 1 aromatic rings. The number of nitrogens with zero attached hydrogens (tertiary/aromatic N) is 3. The summed E-state index contributed by atoms with van der Waals surface area (Å²) in [5.74, 6) is -2.54. The highest BCUT2D eigenvalue weighted by Crippen LogP contribution is 2.43. The average Bonchev–Trinajstić information content (AvgIpc) is 2.79. The van der Waals surface area contributed by atoms with Crippen molar-refractivity contribution in [3.63, 3.8) is 0 Å². The SMILES string of the molecule is O=C(O)N1CC(c2cc(I)nn2C2CCC(F)(F)C2)C1. The van der Waals surface area contributed by atoms with Gasteiger partial charge in [-0.25, -0.2) is 13.6 Å². The van der Waals surface area contributed by atoms with Crippen molar-refractivity contribution in [2.45, 2.75) is 37.1 Å². The topological polar surface area (TPSA) is 58.4 Å². The van der Waals surface area contributed by atoms with Crippen molar-refractivity contribution < 1.29 is 18.7 Å². The summed E-state index contributed by atoms with van der Waals surface area (Å²) < 4.78 is 29.2. The largest absolute Gasteiger partial charge is 0.465 e. The zero-order valence-corrected chi connectivity index (χ0v) is 12.8. The van der Waals surface area contributed by atoms with E-state index in [0.29, 0.717) is 19.5 Å². The molecule has 20 heavy (non-hydrogen) atoms. The Morgan fingerprint density at radius 2 is 2.20 bits per heavy atom. The number of likely N-dealkylation sites (tertiary alicyclic amines) is 1. The van der Waals surface area contributed by atoms with Gasteiger partial charge in [-0.3, -0.25) is 4.68 Å². The maximum absolute atomic E-state index is 13.4. The molecule has 1 aliphatic heterocycles. The predicted octanol–water partition coefficient (Wildman–Crippen LogP) is 2.93. The van der Waals surface area contributed by atoms with E-state index in [0.717, 1.165) is 9.39 Å². The summed E-state index contributed by atoms with van der Waals surface area (Å²) in [7, 11) is 0. The summed E-state index contributed by atoms with van der Waals surface area (Å²) in [6.07, 6.45) is -0.783. The number of carbonyl (C=O) groups is 1. The fourth-order valence-electron chi connectivity index (χ4n) is 2.93. The smallest absolute Gasteiger partial charge is 0.407 e. The fourth-order valence-corrected chi connectivity index (χ4v) is 3.48. The molecule has 1 N–H and O–H groups in total. The van der Waals surface area contributed by atoms with Crippen LogP contribution in [-0.2, 0) is 0 Å². The molecule has 5 nitrogen and oxygen atoms in total. The van der Waals surface area contributed by atoms with Gasteiger partial charge in [0.2, 0.25) is 5.92 Å². The van der Waals surface area contributed by atoms with Gasteiger partial charge in [-0.05, 0) is 35.1 Å². The van der Waals surface area contributed by atoms with Crippen LogP contribution in [0, 0.1) is 3.70 Å². The summed E-state index contributed by atoms with van der Waals surface area (Å²) in [5, 5.41) is 13.2.